The maximum absolute atomic E-state index is 13.8. The van der Waals surface area contributed by atoms with Crippen LogP contribution in [0.1, 0.15) is 86.3 Å². The summed E-state index contributed by atoms with van der Waals surface area (Å²) in [7, 11) is 0. The smallest absolute Gasteiger partial charge is 0.227 e. The number of nitrogens with one attached hydrogen (secondary N) is 1. The number of nitrogens with two attached hydrogens (primary N) is 1. The van der Waals surface area contributed by atoms with Gasteiger partial charge in [0.2, 0.25) is 11.9 Å². The number of rotatable bonds is 9. The molecule has 238 valence electrons. The van der Waals surface area contributed by atoms with Crippen LogP contribution in [0, 0.1) is 29.1 Å². The third kappa shape index (κ3) is 8.67. The molecule has 4 rings (SSSR count). The van der Waals surface area contributed by atoms with Crippen molar-refractivity contribution < 1.29 is 9.53 Å². The van der Waals surface area contributed by atoms with Crippen molar-refractivity contribution in [1.82, 2.24) is 20.3 Å². The van der Waals surface area contributed by atoms with E-state index in [-0.39, 0.29) is 35.7 Å². The van der Waals surface area contributed by atoms with E-state index in [1.807, 2.05) is 12.1 Å². The van der Waals surface area contributed by atoms with E-state index >= 15 is 0 Å². The molecule has 44 heavy (non-hydrogen) atoms. The first-order chi connectivity index (χ1) is 21.0. The Morgan fingerprint density at radius 2 is 1.91 bits per heavy atom. The fraction of sp³-hybridized carbons (Fsp3) is 0.571. The van der Waals surface area contributed by atoms with Crippen molar-refractivity contribution in [3.8, 4) is 5.75 Å². The molecule has 3 N–H and O–H groups in total. The summed E-state index contributed by atoms with van der Waals surface area (Å²) < 4.78 is 6.13. The van der Waals surface area contributed by atoms with E-state index in [4.69, 9.17) is 15.5 Å². The van der Waals surface area contributed by atoms with Gasteiger partial charge < -0.3 is 20.7 Å². The number of carbonyl (C=O) groups is 1. The summed E-state index contributed by atoms with van der Waals surface area (Å²) in [6.07, 6.45) is 12.2. The van der Waals surface area contributed by atoms with E-state index in [1.54, 1.807) is 18.5 Å². The number of carbonyl (C=O) groups excluding carboxylic acids is 1. The normalized spacial score (nSPS) is 20.5. The molecule has 2 aliphatic rings. The zero-order chi connectivity index (χ0) is 31.9. The van der Waals surface area contributed by atoms with E-state index < -0.39 is 0 Å². The van der Waals surface area contributed by atoms with Gasteiger partial charge in [-0.25, -0.2) is 15.0 Å². The number of nitrogen functional groups attached to an aromatic ring is 1. The van der Waals surface area contributed by atoms with Crippen molar-refractivity contribution in [1.29, 1.82) is 0 Å². The second-order valence-corrected chi connectivity index (χ2v) is 13.5. The molecular formula is C35H51N7O2. The molecule has 4 heterocycles. The van der Waals surface area contributed by atoms with Gasteiger partial charge in [-0.05, 0) is 61.8 Å². The highest BCUT2D eigenvalue weighted by Gasteiger charge is 2.29. The van der Waals surface area contributed by atoms with Crippen molar-refractivity contribution in [2.24, 2.45) is 34.1 Å². The lowest BCUT2D eigenvalue weighted by atomic mass is 9.83. The monoisotopic (exact) mass is 601 g/mol. The van der Waals surface area contributed by atoms with Gasteiger partial charge in [0.15, 0.2) is 11.6 Å². The van der Waals surface area contributed by atoms with Gasteiger partial charge in [0.1, 0.15) is 6.61 Å². The summed E-state index contributed by atoms with van der Waals surface area (Å²) in [5, 5.41) is 3.33. The predicted molar refractivity (Wildman–Crippen MR) is 178 cm³/mol. The lowest BCUT2D eigenvalue weighted by molar-refractivity contribution is -0.124. The van der Waals surface area contributed by atoms with Crippen LogP contribution in [-0.2, 0) is 11.4 Å². The number of amides is 1. The molecule has 1 saturated heterocycles. The second kappa shape index (κ2) is 14.8. The van der Waals surface area contributed by atoms with Crippen molar-refractivity contribution in [3.05, 3.63) is 59.8 Å². The summed E-state index contributed by atoms with van der Waals surface area (Å²) in [5.41, 5.74) is 9.39. The Kier molecular flexibility index (Phi) is 11.2. The van der Waals surface area contributed by atoms with Crippen LogP contribution in [0.2, 0.25) is 0 Å². The first-order valence-corrected chi connectivity index (χ1v) is 16.2. The zero-order valence-electron chi connectivity index (χ0n) is 27.6. The Morgan fingerprint density at radius 3 is 2.61 bits per heavy atom. The van der Waals surface area contributed by atoms with Gasteiger partial charge in [0.05, 0.1) is 5.69 Å². The van der Waals surface area contributed by atoms with Crippen LogP contribution in [0.3, 0.4) is 0 Å². The molecule has 3 atom stereocenters. The number of aromatic nitrogens is 3. The van der Waals surface area contributed by atoms with E-state index in [2.05, 4.69) is 85.8 Å². The highest BCUT2D eigenvalue weighted by molar-refractivity contribution is 5.92. The Morgan fingerprint density at radius 1 is 1.11 bits per heavy atom. The fourth-order valence-corrected chi connectivity index (χ4v) is 5.68. The van der Waals surface area contributed by atoms with Crippen LogP contribution in [-0.4, -0.2) is 39.7 Å². The third-order valence-electron chi connectivity index (χ3n) is 8.75. The molecule has 2 aliphatic heterocycles. The van der Waals surface area contributed by atoms with Crippen LogP contribution in [0.5, 0.6) is 5.75 Å². The molecule has 1 amide bonds. The minimum atomic E-state index is -0.141. The number of nitrogens with zero attached hydrogens (tertiary/aromatic N) is 5. The maximum atomic E-state index is 13.8. The maximum Gasteiger partial charge on any atom is 0.227 e. The zero-order valence-corrected chi connectivity index (χ0v) is 27.6. The van der Waals surface area contributed by atoms with Gasteiger partial charge in [-0.2, -0.15) is 0 Å². The van der Waals surface area contributed by atoms with Gasteiger partial charge in [0, 0.05) is 59.8 Å². The van der Waals surface area contributed by atoms with Crippen molar-refractivity contribution in [2.45, 2.75) is 87.2 Å². The Labute approximate surface area is 263 Å². The molecule has 0 saturated carbocycles. The SMILES string of the molecule is CCC1C=C(NC(=O)C2CCCCN(c3ncccc3OCc3ccnc(N)n3)CC2)C=C(C(C)(C)C)N=C1C(C)C(C)C. The van der Waals surface area contributed by atoms with E-state index in [0.29, 0.717) is 29.8 Å². The lowest BCUT2D eigenvalue weighted by Gasteiger charge is -2.30. The number of ether oxygens (including phenoxy) is 1. The number of aliphatic imine (C=N–C) groups is 1. The average Bonchev–Trinajstić information content (AvgIpc) is 3.15. The Balaban J connectivity index is 1.48. The summed E-state index contributed by atoms with van der Waals surface area (Å²) in [5.74, 6) is 2.71. The van der Waals surface area contributed by atoms with Gasteiger partial charge in [-0.15, -0.1) is 0 Å². The summed E-state index contributed by atoms with van der Waals surface area (Å²) in [4.78, 5) is 34.2. The predicted octanol–water partition coefficient (Wildman–Crippen LogP) is 6.73. The molecule has 0 bridgehead atoms. The first kappa shape index (κ1) is 33.1. The van der Waals surface area contributed by atoms with Crippen LogP contribution in [0.25, 0.3) is 0 Å². The standard InChI is InChI=1S/C35H51N7O2/c1-8-25-20-28(21-30(35(5,6)7)41-31(25)24(4)23(2)3)39-33(43)26-12-9-10-18-42(19-15-26)32-29(13-11-16-37-32)44-22-27-14-17-38-34(36)40-27/h11,13-14,16-17,20-21,23-26H,8-10,12,15,18-19,22H2,1-7H3,(H,39,43)(H2,36,38,40). The summed E-state index contributed by atoms with van der Waals surface area (Å²) in [6, 6.07) is 5.58. The molecule has 0 aromatic carbocycles. The Bertz CT molecular complexity index is 1380. The van der Waals surface area contributed by atoms with Crippen LogP contribution < -0.4 is 20.7 Å². The molecule has 9 nitrogen and oxygen atoms in total. The van der Waals surface area contributed by atoms with Gasteiger partial charge in [-0.3, -0.25) is 9.79 Å². The fourth-order valence-electron chi connectivity index (χ4n) is 5.68. The lowest BCUT2D eigenvalue weighted by Crippen LogP contribution is -2.36. The highest BCUT2D eigenvalue weighted by Crippen LogP contribution is 2.34. The molecule has 9 heteroatoms. The molecule has 0 aliphatic carbocycles. The quantitative estimate of drug-likeness (QED) is 0.327. The third-order valence-corrected chi connectivity index (χ3v) is 8.75. The highest BCUT2D eigenvalue weighted by atomic mass is 16.5. The summed E-state index contributed by atoms with van der Waals surface area (Å²) >= 11 is 0. The average molecular weight is 602 g/mol. The number of pyridine rings is 1. The number of allylic oxidation sites excluding steroid dienone is 3. The molecule has 2 aromatic heterocycles. The van der Waals surface area contributed by atoms with E-state index in [9.17, 15) is 4.79 Å². The first-order valence-electron chi connectivity index (χ1n) is 16.2. The van der Waals surface area contributed by atoms with Gasteiger partial charge >= 0.3 is 0 Å². The van der Waals surface area contributed by atoms with E-state index in [1.165, 1.54) is 5.71 Å². The second-order valence-electron chi connectivity index (χ2n) is 13.5. The molecule has 2 aromatic rings. The van der Waals surface area contributed by atoms with Crippen molar-refractivity contribution in [3.63, 3.8) is 0 Å². The van der Waals surface area contributed by atoms with Crippen LogP contribution in [0.4, 0.5) is 11.8 Å². The largest absolute Gasteiger partial charge is 0.483 e. The van der Waals surface area contributed by atoms with E-state index in [0.717, 1.165) is 55.9 Å². The van der Waals surface area contributed by atoms with Gasteiger partial charge in [-0.1, -0.05) is 61.0 Å². The molecular weight excluding hydrogens is 550 g/mol. The molecule has 1 fully saturated rings. The molecule has 0 radical (unpaired) electrons. The number of anilines is 2. The Hall–Kier alpha value is -3.75. The minimum Gasteiger partial charge on any atom is -0.483 e. The van der Waals surface area contributed by atoms with Crippen LogP contribution in [0.15, 0.2) is 59.1 Å². The van der Waals surface area contributed by atoms with Crippen LogP contribution >= 0.6 is 0 Å². The van der Waals surface area contributed by atoms with Crippen molar-refractivity contribution in [2.75, 3.05) is 23.7 Å². The molecule has 0 spiro atoms. The van der Waals surface area contributed by atoms with Crippen molar-refractivity contribution >= 4 is 23.4 Å². The topological polar surface area (TPSA) is 119 Å². The number of hydrogen-bond acceptors (Lipinski definition) is 8. The van der Waals surface area contributed by atoms with Gasteiger partial charge in [0.25, 0.3) is 0 Å². The molecule has 3 unspecified atom stereocenters. The summed E-state index contributed by atoms with van der Waals surface area (Å²) in [6.45, 7) is 17.4. The minimum absolute atomic E-state index is 0.0802. The number of hydrogen-bond donors (Lipinski definition) is 2.